The average molecular weight is 852 g/mol. The fraction of sp³-hybridized carbons (Fsp3) is 0.533. The third-order valence-corrected chi connectivity index (χ3v) is 13.4. The van der Waals surface area contributed by atoms with E-state index in [9.17, 15) is 28.4 Å². The van der Waals surface area contributed by atoms with Crippen LogP contribution in [-0.4, -0.2) is 113 Å². The van der Waals surface area contributed by atoms with Gasteiger partial charge in [0.25, 0.3) is 0 Å². The summed E-state index contributed by atoms with van der Waals surface area (Å²) in [5, 5.41) is 8.97. The Kier molecular flexibility index (Phi) is 12.3. The van der Waals surface area contributed by atoms with Gasteiger partial charge in [0.15, 0.2) is 11.4 Å². The van der Waals surface area contributed by atoms with Crippen molar-refractivity contribution in [2.24, 2.45) is 5.92 Å². The number of oxazole rings is 1. The number of halogens is 1. The van der Waals surface area contributed by atoms with E-state index in [1.807, 2.05) is 18.2 Å². The summed E-state index contributed by atoms with van der Waals surface area (Å²) in [5.74, 6) is -0.560. The molecule has 1 atom stereocenters. The molecule has 4 aliphatic heterocycles. The van der Waals surface area contributed by atoms with Crippen LogP contribution in [0.15, 0.2) is 57.9 Å². The summed E-state index contributed by atoms with van der Waals surface area (Å²) in [6.07, 6.45) is 9.40. The average Bonchev–Trinajstić information content (AvgIpc) is 3.60. The number of benzene rings is 2. The van der Waals surface area contributed by atoms with Gasteiger partial charge in [0.1, 0.15) is 11.7 Å². The van der Waals surface area contributed by atoms with Crippen molar-refractivity contribution in [3.63, 3.8) is 0 Å². The Hall–Kier alpha value is -5.68. The molecule has 16 nitrogen and oxygen atoms in total. The van der Waals surface area contributed by atoms with Crippen molar-refractivity contribution in [3.8, 4) is 11.3 Å². The first-order valence-electron chi connectivity index (χ1n) is 22.2. The number of rotatable bonds is 11. The van der Waals surface area contributed by atoms with Gasteiger partial charge in [0, 0.05) is 42.8 Å². The van der Waals surface area contributed by atoms with E-state index in [2.05, 4.69) is 35.7 Å². The molecule has 2 aromatic heterocycles. The predicted molar refractivity (Wildman–Crippen MR) is 228 cm³/mol. The number of aromatic nitrogens is 3. The van der Waals surface area contributed by atoms with E-state index >= 15 is 0 Å². The second-order valence-corrected chi connectivity index (χ2v) is 17.5. The van der Waals surface area contributed by atoms with Crippen molar-refractivity contribution in [2.75, 3.05) is 62.6 Å². The van der Waals surface area contributed by atoms with Gasteiger partial charge in [-0.2, -0.15) is 0 Å². The van der Waals surface area contributed by atoms with Gasteiger partial charge >= 0.3 is 11.8 Å². The minimum atomic E-state index is -0.753. The van der Waals surface area contributed by atoms with Crippen LogP contribution in [-0.2, 0) is 19.1 Å². The standard InChI is InChI=1S/C45H54FN9O7/c46-35-25-47-43(51-41(35)31-3-1-4-34(23-31)54-17-2-22-61-44(54)59)49-33-8-6-32(7-9-33)48-40(57)27-53-18-13-28(14-19-53)26-52-20-15-29(16-21-52)30-5-10-36-38(24-30)62-45(60)55(36)37-11-12-39(56)50-42(37)58/h1,3-5,10,23-25,28-29,32-33,37H,2,6-9,11-22,26-27H2,(H,48,57)(H,47,49,51)(H,50,56,58). The Labute approximate surface area is 358 Å². The lowest BCUT2D eigenvalue weighted by Gasteiger charge is -2.38. The zero-order chi connectivity index (χ0) is 42.7. The van der Waals surface area contributed by atoms with E-state index < -0.39 is 29.6 Å². The number of fused-ring (bicyclic) bond motifs is 1. The first-order valence-corrected chi connectivity index (χ1v) is 22.2. The topological polar surface area (TPSA) is 184 Å². The summed E-state index contributed by atoms with van der Waals surface area (Å²) < 4.78 is 27.1. The lowest BCUT2D eigenvalue weighted by atomic mass is 9.88. The van der Waals surface area contributed by atoms with Crippen LogP contribution >= 0.6 is 0 Å². The second kappa shape index (κ2) is 18.3. The Balaban J connectivity index is 0.681. The molecule has 4 amide bonds. The summed E-state index contributed by atoms with van der Waals surface area (Å²) in [6.45, 7) is 6.20. The van der Waals surface area contributed by atoms with Crippen molar-refractivity contribution >= 4 is 46.6 Å². The van der Waals surface area contributed by atoms with Crippen LogP contribution in [0.4, 0.5) is 20.8 Å². The lowest BCUT2D eigenvalue weighted by molar-refractivity contribution is -0.135. The number of nitrogens with zero attached hydrogens (tertiary/aromatic N) is 6. The molecule has 328 valence electrons. The second-order valence-electron chi connectivity index (χ2n) is 17.5. The van der Waals surface area contributed by atoms with Gasteiger partial charge in [-0.25, -0.2) is 23.9 Å². The maximum absolute atomic E-state index is 15.0. The number of piperidine rings is 3. The van der Waals surface area contributed by atoms with E-state index in [1.54, 1.807) is 29.2 Å². The molecule has 0 bridgehead atoms. The number of anilines is 2. The monoisotopic (exact) mass is 851 g/mol. The smallest absolute Gasteiger partial charge is 0.420 e. The van der Waals surface area contributed by atoms with Crippen molar-refractivity contribution in [1.82, 2.24) is 35.0 Å². The molecule has 4 aromatic rings. The molecule has 5 fully saturated rings. The van der Waals surface area contributed by atoms with Gasteiger partial charge in [-0.05, 0) is 132 Å². The first kappa shape index (κ1) is 41.7. The molecule has 1 aliphatic carbocycles. The highest BCUT2D eigenvalue weighted by molar-refractivity contribution is 6.00. The number of nitrogens with one attached hydrogen (secondary N) is 3. The zero-order valence-electron chi connectivity index (χ0n) is 34.9. The maximum atomic E-state index is 15.0. The molecule has 5 aliphatic rings. The SMILES string of the molecule is O=C1CCC(n2c(=O)oc3cc(C4CCN(CC5CCN(CC(=O)NC6CCC(Nc7ncc(F)c(-c8cccc(N9CCCOC9=O)c8)n7)CC6)CC5)CC4)ccc32)C(=O)N1. The van der Waals surface area contributed by atoms with E-state index in [1.165, 1.54) is 10.8 Å². The largest absolute Gasteiger partial charge is 0.449 e. The number of carbonyl (C=O) groups excluding carboxylic acids is 4. The molecule has 6 heterocycles. The molecule has 17 heteroatoms. The van der Waals surface area contributed by atoms with Crippen LogP contribution in [0.5, 0.6) is 0 Å². The van der Waals surface area contributed by atoms with E-state index in [4.69, 9.17) is 9.15 Å². The molecular formula is C45H54FN9O7. The van der Waals surface area contributed by atoms with Crippen LogP contribution in [0.2, 0.25) is 0 Å². The lowest BCUT2D eigenvalue weighted by Crippen LogP contribution is -2.47. The summed E-state index contributed by atoms with van der Waals surface area (Å²) in [4.78, 5) is 77.3. The minimum absolute atomic E-state index is 0.0680. The fourth-order valence-electron chi connectivity index (χ4n) is 9.96. The highest BCUT2D eigenvalue weighted by Crippen LogP contribution is 2.33. The summed E-state index contributed by atoms with van der Waals surface area (Å²) in [7, 11) is 0. The third kappa shape index (κ3) is 9.38. The third-order valence-electron chi connectivity index (χ3n) is 13.4. The first-order chi connectivity index (χ1) is 30.1. The molecule has 1 saturated carbocycles. The molecule has 1 unspecified atom stereocenters. The van der Waals surface area contributed by atoms with E-state index in [-0.39, 0.29) is 42.4 Å². The van der Waals surface area contributed by atoms with Crippen molar-refractivity contribution in [1.29, 1.82) is 0 Å². The zero-order valence-corrected chi connectivity index (χ0v) is 34.9. The molecule has 62 heavy (non-hydrogen) atoms. The Morgan fingerprint density at radius 1 is 0.871 bits per heavy atom. The van der Waals surface area contributed by atoms with Crippen LogP contribution in [0.1, 0.15) is 88.2 Å². The number of imide groups is 1. The van der Waals surface area contributed by atoms with E-state index in [0.717, 1.165) is 96.1 Å². The molecule has 3 N–H and O–H groups in total. The highest BCUT2D eigenvalue weighted by atomic mass is 19.1. The Morgan fingerprint density at radius 3 is 2.42 bits per heavy atom. The number of likely N-dealkylation sites (tertiary alicyclic amines) is 2. The predicted octanol–water partition coefficient (Wildman–Crippen LogP) is 4.95. The normalized spacial score (nSPS) is 23.6. The Bertz CT molecular complexity index is 2360. The van der Waals surface area contributed by atoms with Gasteiger partial charge in [0.2, 0.25) is 23.7 Å². The highest BCUT2D eigenvalue weighted by Gasteiger charge is 2.33. The molecular weight excluding hydrogens is 798 g/mol. The van der Waals surface area contributed by atoms with Crippen molar-refractivity contribution in [2.45, 2.75) is 94.7 Å². The molecule has 4 saturated heterocycles. The van der Waals surface area contributed by atoms with Crippen LogP contribution in [0.3, 0.4) is 0 Å². The number of cyclic esters (lactones) is 1. The number of hydrogen-bond acceptors (Lipinski definition) is 12. The quantitative estimate of drug-likeness (QED) is 0.173. The van der Waals surface area contributed by atoms with Crippen LogP contribution in [0, 0.1) is 11.7 Å². The van der Waals surface area contributed by atoms with Gasteiger partial charge in [-0.1, -0.05) is 18.2 Å². The van der Waals surface area contributed by atoms with Crippen LogP contribution in [0.25, 0.3) is 22.4 Å². The van der Waals surface area contributed by atoms with Crippen LogP contribution < -0.4 is 26.6 Å². The molecule has 0 radical (unpaired) electrons. The van der Waals surface area contributed by atoms with Gasteiger partial charge in [0.05, 0.1) is 24.9 Å². The Morgan fingerprint density at radius 2 is 1.65 bits per heavy atom. The molecule has 0 spiro atoms. The number of amides is 4. The van der Waals surface area contributed by atoms with E-state index in [0.29, 0.717) is 59.8 Å². The number of hydrogen-bond donors (Lipinski definition) is 3. The number of carbonyl (C=O) groups is 4. The summed E-state index contributed by atoms with van der Waals surface area (Å²) in [5.41, 5.74) is 3.52. The van der Waals surface area contributed by atoms with Crippen molar-refractivity contribution < 1.29 is 32.7 Å². The number of ether oxygens (including phenoxy) is 1. The van der Waals surface area contributed by atoms with Gasteiger partial charge < -0.3 is 24.7 Å². The summed E-state index contributed by atoms with van der Waals surface area (Å²) >= 11 is 0. The molecule has 2 aromatic carbocycles. The van der Waals surface area contributed by atoms with Gasteiger partial charge in [-0.3, -0.25) is 34.1 Å². The fourth-order valence-corrected chi connectivity index (χ4v) is 9.96. The van der Waals surface area contributed by atoms with Crippen molar-refractivity contribution in [3.05, 3.63) is 70.6 Å². The minimum Gasteiger partial charge on any atom is -0.449 e. The molecule has 9 rings (SSSR count). The van der Waals surface area contributed by atoms with Gasteiger partial charge in [-0.15, -0.1) is 0 Å². The maximum Gasteiger partial charge on any atom is 0.420 e. The summed E-state index contributed by atoms with van der Waals surface area (Å²) in [6, 6.07) is 12.4.